The number of nitrogens with one attached hydrogen (secondary N) is 2. The van der Waals surface area contributed by atoms with Crippen molar-refractivity contribution < 1.29 is 8.81 Å². The van der Waals surface area contributed by atoms with Gasteiger partial charge in [-0.05, 0) is 31.5 Å². The molecule has 1 aromatic carbocycles. The van der Waals surface area contributed by atoms with Crippen molar-refractivity contribution in [1.82, 2.24) is 15.5 Å². The fraction of sp³-hybridized carbons (Fsp3) is 0.429. The third kappa shape index (κ3) is 3.77. The summed E-state index contributed by atoms with van der Waals surface area (Å²) in [5.41, 5.74) is 0.667. The van der Waals surface area contributed by atoms with Gasteiger partial charge in [0, 0.05) is 6.54 Å². The normalized spacial score (nSPS) is 12.3. The fourth-order valence-electron chi connectivity index (χ4n) is 1.88. The van der Waals surface area contributed by atoms with Crippen LogP contribution in [0.25, 0.3) is 0 Å². The van der Waals surface area contributed by atoms with E-state index in [0.29, 0.717) is 30.4 Å². The van der Waals surface area contributed by atoms with Crippen LogP contribution in [0.15, 0.2) is 28.7 Å². The van der Waals surface area contributed by atoms with Gasteiger partial charge in [0.2, 0.25) is 5.89 Å². The van der Waals surface area contributed by atoms with E-state index in [-0.39, 0.29) is 11.9 Å². The van der Waals surface area contributed by atoms with Crippen molar-refractivity contribution in [2.45, 2.75) is 26.3 Å². The highest BCUT2D eigenvalue weighted by molar-refractivity contribution is 5.21. The van der Waals surface area contributed by atoms with Crippen LogP contribution in [-0.4, -0.2) is 23.3 Å². The van der Waals surface area contributed by atoms with Crippen LogP contribution < -0.4 is 10.6 Å². The number of benzene rings is 1. The third-order valence-corrected chi connectivity index (χ3v) is 2.95. The molecule has 0 amide bonds. The topological polar surface area (TPSA) is 63.0 Å². The molecular formula is C14H19FN4O. The van der Waals surface area contributed by atoms with Gasteiger partial charge in [-0.15, -0.1) is 5.10 Å². The van der Waals surface area contributed by atoms with E-state index in [2.05, 4.69) is 20.8 Å². The standard InChI is InChI=1S/C14H19FN4O/c1-3-16-10(2)13-18-19-14(20-13)17-9-8-11-6-4-5-7-12(11)15/h4-7,10,16H,3,8-9H2,1-2H3,(H,17,19). The minimum atomic E-state index is -0.193. The average molecular weight is 278 g/mol. The van der Waals surface area contributed by atoms with Gasteiger partial charge in [0.1, 0.15) is 5.82 Å². The Morgan fingerprint density at radius 2 is 2.10 bits per heavy atom. The second-order valence-corrected chi connectivity index (χ2v) is 4.49. The first-order valence-corrected chi connectivity index (χ1v) is 6.74. The summed E-state index contributed by atoms with van der Waals surface area (Å²) in [6.45, 7) is 5.35. The predicted octanol–water partition coefficient (Wildman–Crippen LogP) is 2.53. The van der Waals surface area contributed by atoms with E-state index in [9.17, 15) is 4.39 Å². The van der Waals surface area contributed by atoms with Gasteiger partial charge in [-0.3, -0.25) is 0 Å². The van der Waals surface area contributed by atoms with Gasteiger partial charge in [0.15, 0.2) is 0 Å². The van der Waals surface area contributed by atoms with Crippen molar-refractivity contribution >= 4 is 6.01 Å². The summed E-state index contributed by atoms with van der Waals surface area (Å²) >= 11 is 0. The molecule has 1 unspecified atom stereocenters. The lowest BCUT2D eigenvalue weighted by molar-refractivity contribution is 0.429. The molecule has 0 fully saturated rings. The smallest absolute Gasteiger partial charge is 0.315 e. The van der Waals surface area contributed by atoms with Gasteiger partial charge in [0.25, 0.3) is 0 Å². The SMILES string of the molecule is CCNC(C)c1nnc(NCCc2ccccc2F)o1. The number of nitrogens with zero attached hydrogens (tertiary/aromatic N) is 2. The number of hydrogen-bond acceptors (Lipinski definition) is 5. The van der Waals surface area contributed by atoms with E-state index < -0.39 is 0 Å². The molecule has 1 heterocycles. The molecule has 0 aliphatic heterocycles. The Hall–Kier alpha value is -1.95. The fourth-order valence-corrected chi connectivity index (χ4v) is 1.88. The summed E-state index contributed by atoms with van der Waals surface area (Å²) in [5, 5.41) is 14.1. The monoisotopic (exact) mass is 278 g/mol. The number of halogens is 1. The highest BCUT2D eigenvalue weighted by atomic mass is 19.1. The molecule has 0 spiro atoms. The van der Waals surface area contributed by atoms with E-state index in [0.717, 1.165) is 6.54 Å². The molecule has 1 atom stereocenters. The van der Waals surface area contributed by atoms with Crippen LogP contribution in [-0.2, 0) is 6.42 Å². The first kappa shape index (κ1) is 14.5. The predicted molar refractivity (Wildman–Crippen MR) is 75.0 cm³/mol. The molecule has 2 aromatic rings. The van der Waals surface area contributed by atoms with Gasteiger partial charge in [-0.2, -0.15) is 0 Å². The Morgan fingerprint density at radius 1 is 1.30 bits per heavy atom. The Kier molecular flexibility index (Phi) is 5.06. The van der Waals surface area contributed by atoms with E-state index in [4.69, 9.17) is 4.42 Å². The zero-order chi connectivity index (χ0) is 14.4. The first-order valence-electron chi connectivity index (χ1n) is 6.74. The zero-order valence-electron chi connectivity index (χ0n) is 11.7. The average Bonchev–Trinajstić information content (AvgIpc) is 2.90. The maximum absolute atomic E-state index is 13.4. The Labute approximate surface area is 117 Å². The van der Waals surface area contributed by atoms with Gasteiger partial charge in [-0.25, -0.2) is 4.39 Å². The molecule has 6 heteroatoms. The maximum Gasteiger partial charge on any atom is 0.315 e. The highest BCUT2D eigenvalue weighted by Crippen LogP contribution is 2.13. The summed E-state index contributed by atoms with van der Waals surface area (Å²) < 4.78 is 18.9. The van der Waals surface area contributed by atoms with Crippen LogP contribution in [0, 0.1) is 5.82 Å². The summed E-state index contributed by atoms with van der Waals surface area (Å²) in [6.07, 6.45) is 0.563. The highest BCUT2D eigenvalue weighted by Gasteiger charge is 2.12. The lowest BCUT2D eigenvalue weighted by Gasteiger charge is -2.06. The molecule has 1 aromatic heterocycles. The van der Waals surface area contributed by atoms with Crippen LogP contribution in [0.5, 0.6) is 0 Å². The van der Waals surface area contributed by atoms with E-state index >= 15 is 0 Å². The molecule has 108 valence electrons. The van der Waals surface area contributed by atoms with Crippen molar-refractivity contribution in [3.63, 3.8) is 0 Å². The van der Waals surface area contributed by atoms with E-state index in [1.54, 1.807) is 12.1 Å². The lowest BCUT2D eigenvalue weighted by atomic mass is 10.1. The van der Waals surface area contributed by atoms with Crippen molar-refractivity contribution in [2.75, 3.05) is 18.4 Å². The van der Waals surface area contributed by atoms with Gasteiger partial charge >= 0.3 is 6.01 Å². The minimum absolute atomic E-state index is 0.0228. The maximum atomic E-state index is 13.4. The van der Waals surface area contributed by atoms with Gasteiger partial charge in [-0.1, -0.05) is 30.2 Å². The van der Waals surface area contributed by atoms with Crippen molar-refractivity contribution in [1.29, 1.82) is 0 Å². The number of aromatic nitrogens is 2. The summed E-state index contributed by atoms with van der Waals surface area (Å²) in [5.74, 6) is 0.349. The zero-order valence-corrected chi connectivity index (χ0v) is 11.7. The lowest BCUT2D eigenvalue weighted by Crippen LogP contribution is -2.17. The minimum Gasteiger partial charge on any atom is -0.406 e. The molecule has 5 nitrogen and oxygen atoms in total. The van der Waals surface area contributed by atoms with E-state index in [1.807, 2.05) is 19.9 Å². The van der Waals surface area contributed by atoms with Crippen LogP contribution in [0.3, 0.4) is 0 Å². The Bertz CT molecular complexity index is 543. The quantitative estimate of drug-likeness (QED) is 0.815. The molecule has 0 saturated carbocycles. The molecule has 0 aliphatic rings. The number of anilines is 1. The molecular weight excluding hydrogens is 259 g/mol. The summed E-state index contributed by atoms with van der Waals surface area (Å²) in [4.78, 5) is 0. The molecule has 20 heavy (non-hydrogen) atoms. The van der Waals surface area contributed by atoms with Crippen molar-refractivity contribution in [3.8, 4) is 0 Å². The molecule has 0 saturated heterocycles. The second-order valence-electron chi connectivity index (χ2n) is 4.49. The Morgan fingerprint density at radius 3 is 2.85 bits per heavy atom. The molecule has 2 rings (SSSR count). The van der Waals surface area contributed by atoms with Gasteiger partial charge < -0.3 is 15.1 Å². The van der Waals surface area contributed by atoms with Crippen LogP contribution >= 0.6 is 0 Å². The van der Waals surface area contributed by atoms with Crippen LogP contribution in [0.1, 0.15) is 31.3 Å². The van der Waals surface area contributed by atoms with E-state index in [1.165, 1.54) is 6.07 Å². The Balaban J connectivity index is 1.84. The second kappa shape index (κ2) is 7.00. The summed E-state index contributed by atoms with van der Waals surface area (Å²) in [7, 11) is 0. The molecule has 0 aliphatic carbocycles. The first-order chi connectivity index (χ1) is 9.70. The van der Waals surface area contributed by atoms with Crippen molar-refractivity contribution in [3.05, 3.63) is 41.5 Å². The van der Waals surface area contributed by atoms with Crippen LogP contribution in [0.2, 0.25) is 0 Å². The third-order valence-electron chi connectivity index (χ3n) is 2.95. The molecule has 0 bridgehead atoms. The number of rotatable bonds is 7. The van der Waals surface area contributed by atoms with Gasteiger partial charge in [0.05, 0.1) is 6.04 Å². The number of hydrogen-bond donors (Lipinski definition) is 2. The van der Waals surface area contributed by atoms with Crippen molar-refractivity contribution in [2.24, 2.45) is 0 Å². The largest absolute Gasteiger partial charge is 0.406 e. The summed E-state index contributed by atoms with van der Waals surface area (Å²) in [6, 6.07) is 7.11. The molecule has 2 N–H and O–H groups in total. The molecule has 0 radical (unpaired) electrons. The van der Waals surface area contributed by atoms with Crippen LogP contribution in [0.4, 0.5) is 10.4 Å².